The highest BCUT2D eigenvalue weighted by Gasteiger charge is 2.16. The van der Waals surface area contributed by atoms with Crippen LogP contribution in [0.4, 0.5) is 11.5 Å². The fourth-order valence-electron chi connectivity index (χ4n) is 1.86. The number of hydrogen-bond donors (Lipinski definition) is 1. The van der Waals surface area contributed by atoms with E-state index in [2.05, 4.69) is 10.3 Å². The molecule has 1 atom stereocenters. The number of aromatic nitrogens is 1. The predicted octanol–water partition coefficient (Wildman–Crippen LogP) is 1.89. The molecule has 0 aliphatic carbocycles. The lowest BCUT2D eigenvalue weighted by Crippen LogP contribution is -2.30. The van der Waals surface area contributed by atoms with Crippen LogP contribution >= 0.6 is 0 Å². The highest BCUT2D eigenvalue weighted by atomic mass is 16.6. The van der Waals surface area contributed by atoms with E-state index < -0.39 is 4.92 Å². The standard InChI is InChI=1S/C11H15N3O3/c1-8-5-10(14(15)16)6-12-11(8)13-9-3-2-4-17-7-9/h5-6,9H,2-4,7H2,1H3,(H,12,13). The molecule has 0 amide bonds. The summed E-state index contributed by atoms with van der Waals surface area (Å²) in [5, 5.41) is 13.8. The molecule has 1 aromatic rings. The summed E-state index contributed by atoms with van der Waals surface area (Å²) in [6.07, 6.45) is 3.35. The number of nitro groups is 1. The Morgan fingerprint density at radius 2 is 2.47 bits per heavy atom. The molecule has 0 spiro atoms. The predicted molar refractivity (Wildman–Crippen MR) is 63.1 cm³/mol. The van der Waals surface area contributed by atoms with Gasteiger partial charge in [0.15, 0.2) is 0 Å². The Morgan fingerprint density at radius 1 is 1.65 bits per heavy atom. The van der Waals surface area contributed by atoms with Crippen LogP contribution in [0.5, 0.6) is 0 Å². The van der Waals surface area contributed by atoms with Crippen LogP contribution in [-0.2, 0) is 4.74 Å². The van der Waals surface area contributed by atoms with E-state index in [9.17, 15) is 10.1 Å². The normalized spacial score (nSPS) is 19.9. The highest BCUT2D eigenvalue weighted by Crippen LogP contribution is 2.20. The first kappa shape index (κ1) is 11.8. The largest absolute Gasteiger partial charge is 0.379 e. The molecule has 92 valence electrons. The molecule has 0 radical (unpaired) electrons. The first-order chi connectivity index (χ1) is 8.16. The molecule has 1 aliphatic rings. The second kappa shape index (κ2) is 5.09. The molecule has 1 fully saturated rings. The summed E-state index contributed by atoms with van der Waals surface area (Å²) < 4.78 is 5.36. The smallest absolute Gasteiger partial charge is 0.287 e. The van der Waals surface area contributed by atoms with Gasteiger partial charge in [-0.1, -0.05) is 0 Å². The van der Waals surface area contributed by atoms with Crippen LogP contribution in [0, 0.1) is 17.0 Å². The number of nitrogens with one attached hydrogen (secondary N) is 1. The first-order valence-corrected chi connectivity index (χ1v) is 5.62. The fraction of sp³-hybridized carbons (Fsp3) is 0.545. The Hall–Kier alpha value is -1.69. The summed E-state index contributed by atoms with van der Waals surface area (Å²) >= 11 is 0. The zero-order valence-corrected chi connectivity index (χ0v) is 9.68. The van der Waals surface area contributed by atoms with Crippen LogP contribution in [0.15, 0.2) is 12.3 Å². The summed E-state index contributed by atoms with van der Waals surface area (Å²) in [6, 6.07) is 1.77. The highest BCUT2D eigenvalue weighted by molar-refractivity contribution is 5.48. The van der Waals surface area contributed by atoms with Gasteiger partial charge in [0.05, 0.1) is 17.6 Å². The third-order valence-corrected chi connectivity index (χ3v) is 2.78. The maximum Gasteiger partial charge on any atom is 0.287 e. The minimum absolute atomic E-state index is 0.0212. The van der Waals surface area contributed by atoms with Crippen molar-refractivity contribution in [3.05, 3.63) is 27.9 Å². The topological polar surface area (TPSA) is 77.3 Å². The summed E-state index contributed by atoms with van der Waals surface area (Å²) in [5.41, 5.74) is 0.803. The number of nitrogens with zero attached hydrogens (tertiary/aromatic N) is 2. The van der Waals surface area contributed by atoms with Gasteiger partial charge in [0.1, 0.15) is 12.0 Å². The van der Waals surface area contributed by atoms with Gasteiger partial charge in [-0.3, -0.25) is 10.1 Å². The van der Waals surface area contributed by atoms with E-state index in [-0.39, 0.29) is 11.7 Å². The van der Waals surface area contributed by atoms with Crippen LogP contribution in [0.1, 0.15) is 18.4 Å². The summed E-state index contributed by atoms with van der Waals surface area (Å²) in [7, 11) is 0. The van der Waals surface area contributed by atoms with Crippen molar-refractivity contribution in [2.24, 2.45) is 0 Å². The number of aryl methyl sites for hydroxylation is 1. The molecular weight excluding hydrogens is 222 g/mol. The van der Waals surface area contributed by atoms with Crippen molar-refractivity contribution in [2.45, 2.75) is 25.8 Å². The second-order valence-corrected chi connectivity index (χ2v) is 4.17. The van der Waals surface area contributed by atoms with Crippen LogP contribution < -0.4 is 5.32 Å². The van der Waals surface area contributed by atoms with Gasteiger partial charge in [-0.05, 0) is 25.3 Å². The molecule has 1 aliphatic heterocycles. The molecule has 1 aromatic heterocycles. The molecule has 2 heterocycles. The summed E-state index contributed by atoms with van der Waals surface area (Å²) in [5.74, 6) is 0.700. The molecule has 1 N–H and O–H groups in total. The average Bonchev–Trinajstić information content (AvgIpc) is 2.33. The molecular formula is C11H15N3O3. The second-order valence-electron chi connectivity index (χ2n) is 4.17. The van der Waals surface area contributed by atoms with Crippen LogP contribution in [0.3, 0.4) is 0 Å². The van der Waals surface area contributed by atoms with Crippen molar-refractivity contribution >= 4 is 11.5 Å². The maximum atomic E-state index is 10.6. The third kappa shape index (κ3) is 2.91. The number of anilines is 1. The van der Waals surface area contributed by atoms with E-state index >= 15 is 0 Å². The third-order valence-electron chi connectivity index (χ3n) is 2.78. The lowest BCUT2D eigenvalue weighted by atomic mass is 10.1. The summed E-state index contributed by atoms with van der Waals surface area (Å²) in [4.78, 5) is 14.2. The van der Waals surface area contributed by atoms with E-state index in [1.165, 1.54) is 12.3 Å². The van der Waals surface area contributed by atoms with Crippen molar-refractivity contribution in [1.29, 1.82) is 0 Å². The zero-order chi connectivity index (χ0) is 12.3. The Labute approximate surface area is 99.2 Å². The van der Waals surface area contributed by atoms with E-state index in [0.717, 1.165) is 25.0 Å². The quantitative estimate of drug-likeness (QED) is 0.641. The van der Waals surface area contributed by atoms with Gasteiger partial charge in [-0.15, -0.1) is 0 Å². The molecule has 0 bridgehead atoms. The van der Waals surface area contributed by atoms with Crippen LogP contribution in [-0.4, -0.2) is 29.2 Å². The molecule has 17 heavy (non-hydrogen) atoms. The van der Waals surface area contributed by atoms with Crippen molar-refractivity contribution in [3.63, 3.8) is 0 Å². The average molecular weight is 237 g/mol. The molecule has 6 heteroatoms. The minimum Gasteiger partial charge on any atom is -0.379 e. The fourth-order valence-corrected chi connectivity index (χ4v) is 1.86. The van der Waals surface area contributed by atoms with Crippen molar-refractivity contribution < 1.29 is 9.66 Å². The lowest BCUT2D eigenvalue weighted by molar-refractivity contribution is -0.385. The van der Waals surface area contributed by atoms with E-state index in [4.69, 9.17) is 4.74 Å². The van der Waals surface area contributed by atoms with E-state index in [0.29, 0.717) is 12.4 Å². The van der Waals surface area contributed by atoms with Gasteiger partial charge in [-0.2, -0.15) is 0 Å². The Kier molecular flexibility index (Phi) is 3.53. The lowest BCUT2D eigenvalue weighted by Gasteiger charge is -2.24. The number of pyridine rings is 1. The van der Waals surface area contributed by atoms with Gasteiger partial charge in [0, 0.05) is 12.7 Å². The molecule has 1 saturated heterocycles. The van der Waals surface area contributed by atoms with E-state index in [1.807, 2.05) is 6.92 Å². The Morgan fingerprint density at radius 3 is 3.06 bits per heavy atom. The summed E-state index contributed by atoms with van der Waals surface area (Å²) in [6.45, 7) is 3.29. The van der Waals surface area contributed by atoms with Crippen molar-refractivity contribution in [2.75, 3.05) is 18.5 Å². The number of hydrogen-bond acceptors (Lipinski definition) is 5. The number of ether oxygens (including phenoxy) is 1. The van der Waals surface area contributed by atoms with Gasteiger partial charge >= 0.3 is 0 Å². The van der Waals surface area contributed by atoms with Crippen molar-refractivity contribution in [3.8, 4) is 0 Å². The monoisotopic (exact) mass is 237 g/mol. The van der Waals surface area contributed by atoms with Gasteiger partial charge < -0.3 is 10.1 Å². The molecule has 6 nitrogen and oxygen atoms in total. The van der Waals surface area contributed by atoms with Crippen LogP contribution in [0.2, 0.25) is 0 Å². The maximum absolute atomic E-state index is 10.6. The molecule has 0 saturated carbocycles. The Bertz CT molecular complexity index is 416. The van der Waals surface area contributed by atoms with Crippen LogP contribution in [0.25, 0.3) is 0 Å². The Balaban J connectivity index is 2.08. The molecule has 1 unspecified atom stereocenters. The minimum atomic E-state index is -0.437. The number of rotatable bonds is 3. The first-order valence-electron chi connectivity index (χ1n) is 5.62. The van der Waals surface area contributed by atoms with E-state index in [1.54, 1.807) is 0 Å². The van der Waals surface area contributed by atoms with Gasteiger partial charge in [-0.25, -0.2) is 4.98 Å². The zero-order valence-electron chi connectivity index (χ0n) is 9.68. The van der Waals surface area contributed by atoms with Gasteiger partial charge in [0.25, 0.3) is 5.69 Å². The SMILES string of the molecule is Cc1cc([N+](=O)[O-])cnc1NC1CCCOC1. The van der Waals surface area contributed by atoms with Crippen molar-refractivity contribution in [1.82, 2.24) is 4.98 Å². The molecule has 0 aromatic carbocycles. The molecule has 2 rings (SSSR count). The van der Waals surface area contributed by atoms with Gasteiger partial charge in [0.2, 0.25) is 0 Å².